The molecule has 34 heavy (non-hydrogen) atoms. The lowest BCUT2D eigenvalue weighted by Gasteiger charge is -2.23. The number of benzene rings is 2. The van der Waals surface area contributed by atoms with E-state index >= 15 is 0 Å². The van der Waals surface area contributed by atoms with Gasteiger partial charge in [-0.15, -0.1) is 5.10 Å². The van der Waals surface area contributed by atoms with Gasteiger partial charge in [0.05, 0.1) is 17.1 Å². The molecule has 4 rings (SSSR count). The van der Waals surface area contributed by atoms with E-state index in [9.17, 15) is 14.3 Å². The Hall–Kier alpha value is -3.72. The molecule has 4 aromatic rings. The van der Waals surface area contributed by atoms with E-state index in [1.807, 2.05) is 26.0 Å². The van der Waals surface area contributed by atoms with Crippen molar-refractivity contribution in [3.8, 4) is 11.4 Å². The standard InChI is InChI=1S/C24H23ClFN5O3/c1-14-21-15(2)31(29-22(21)23(25)28-27-14)16-7-6-8-17(13-16)34-20(11-12-30(3)24(32)33)18-9-4-5-10-19(18)26/h4-10,13,20H,11-12H2,1-3H3,(H,32,33). The quantitative estimate of drug-likeness (QED) is 0.381. The third-order valence-electron chi connectivity index (χ3n) is 5.61. The van der Waals surface area contributed by atoms with Crippen molar-refractivity contribution < 1.29 is 19.0 Å². The molecule has 0 saturated carbocycles. The smallest absolute Gasteiger partial charge is 0.407 e. The van der Waals surface area contributed by atoms with E-state index in [-0.39, 0.29) is 18.1 Å². The predicted molar refractivity (Wildman–Crippen MR) is 126 cm³/mol. The van der Waals surface area contributed by atoms with Gasteiger partial charge in [-0.2, -0.15) is 10.2 Å². The minimum Gasteiger partial charge on any atom is -0.485 e. The van der Waals surface area contributed by atoms with E-state index in [1.165, 1.54) is 13.1 Å². The number of halogens is 2. The fraction of sp³-hybridized carbons (Fsp3) is 0.250. The molecule has 0 saturated heterocycles. The van der Waals surface area contributed by atoms with E-state index < -0.39 is 18.0 Å². The summed E-state index contributed by atoms with van der Waals surface area (Å²) in [6.45, 7) is 3.94. The van der Waals surface area contributed by atoms with E-state index in [2.05, 4.69) is 15.3 Å². The van der Waals surface area contributed by atoms with Crippen molar-refractivity contribution in [3.63, 3.8) is 0 Å². The van der Waals surface area contributed by atoms with Crippen molar-refractivity contribution in [2.45, 2.75) is 26.4 Å². The number of hydrogen-bond donors (Lipinski definition) is 1. The van der Waals surface area contributed by atoms with Crippen LogP contribution in [0.4, 0.5) is 9.18 Å². The van der Waals surface area contributed by atoms with E-state index in [0.717, 1.165) is 27.4 Å². The third-order valence-corrected chi connectivity index (χ3v) is 5.86. The van der Waals surface area contributed by atoms with Crippen LogP contribution in [0.1, 0.15) is 29.5 Å². The molecule has 10 heteroatoms. The molecule has 2 aromatic carbocycles. The molecular formula is C24H23ClFN5O3. The summed E-state index contributed by atoms with van der Waals surface area (Å²) in [6, 6.07) is 13.5. The summed E-state index contributed by atoms with van der Waals surface area (Å²) in [4.78, 5) is 12.4. The molecule has 0 aliphatic rings. The first-order valence-electron chi connectivity index (χ1n) is 10.6. The Labute approximate surface area is 200 Å². The fourth-order valence-electron chi connectivity index (χ4n) is 3.82. The zero-order chi connectivity index (χ0) is 24.4. The maximum atomic E-state index is 14.6. The number of fused-ring (bicyclic) bond motifs is 1. The molecule has 2 heterocycles. The number of rotatable bonds is 7. The monoisotopic (exact) mass is 483 g/mol. The van der Waals surface area contributed by atoms with Crippen LogP contribution in [0.5, 0.6) is 5.75 Å². The van der Waals surface area contributed by atoms with Gasteiger partial charge in [-0.05, 0) is 32.0 Å². The summed E-state index contributed by atoms with van der Waals surface area (Å²) in [6.07, 6.45) is -1.49. The summed E-state index contributed by atoms with van der Waals surface area (Å²) in [7, 11) is 1.46. The highest BCUT2D eigenvalue weighted by Gasteiger charge is 2.21. The molecule has 0 aliphatic carbocycles. The highest BCUT2D eigenvalue weighted by molar-refractivity contribution is 6.33. The van der Waals surface area contributed by atoms with Gasteiger partial charge >= 0.3 is 6.09 Å². The first-order valence-corrected chi connectivity index (χ1v) is 11.0. The molecule has 1 N–H and O–H groups in total. The summed E-state index contributed by atoms with van der Waals surface area (Å²) >= 11 is 6.21. The number of carbonyl (C=O) groups is 1. The Bertz CT molecular complexity index is 1360. The van der Waals surface area contributed by atoms with Crippen molar-refractivity contribution in [1.82, 2.24) is 24.9 Å². The average molecular weight is 484 g/mol. The molecule has 0 fully saturated rings. The predicted octanol–water partition coefficient (Wildman–Crippen LogP) is 5.34. The lowest BCUT2D eigenvalue weighted by molar-refractivity contribution is 0.139. The minimum atomic E-state index is -1.06. The highest BCUT2D eigenvalue weighted by Crippen LogP contribution is 2.31. The van der Waals surface area contributed by atoms with Crippen molar-refractivity contribution >= 4 is 28.6 Å². The topological polar surface area (TPSA) is 93.4 Å². The van der Waals surface area contributed by atoms with Gasteiger partial charge in [-0.3, -0.25) is 0 Å². The lowest BCUT2D eigenvalue weighted by atomic mass is 10.1. The minimum absolute atomic E-state index is 0.176. The molecule has 1 atom stereocenters. The highest BCUT2D eigenvalue weighted by atomic mass is 35.5. The molecule has 2 aromatic heterocycles. The van der Waals surface area contributed by atoms with Crippen LogP contribution in [-0.4, -0.2) is 49.7 Å². The number of carboxylic acid groups (broad SMARTS) is 1. The Morgan fingerprint density at radius 3 is 2.68 bits per heavy atom. The van der Waals surface area contributed by atoms with Crippen molar-refractivity contribution in [2.24, 2.45) is 0 Å². The lowest BCUT2D eigenvalue weighted by Crippen LogP contribution is -2.28. The Morgan fingerprint density at radius 1 is 1.21 bits per heavy atom. The molecule has 8 nitrogen and oxygen atoms in total. The molecule has 176 valence electrons. The van der Waals surface area contributed by atoms with Crippen LogP contribution < -0.4 is 4.74 Å². The Kier molecular flexibility index (Phi) is 6.65. The second kappa shape index (κ2) is 9.64. The van der Waals surface area contributed by atoms with Gasteiger partial charge in [0.2, 0.25) is 0 Å². The molecule has 1 unspecified atom stereocenters. The first kappa shape index (κ1) is 23.4. The molecule has 0 bridgehead atoms. The van der Waals surface area contributed by atoms with Crippen molar-refractivity contribution in [1.29, 1.82) is 0 Å². The summed E-state index contributed by atoms with van der Waals surface area (Å²) in [5, 5.41) is 22.8. The number of hydrogen-bond acceptors (Lipinski definition) is 5. The summed E-state index contributed by atoms with van der Waals surface area (Å²) < 4.78 is 22.5. The Morgan fingerprint density at radius 2 is 1.97 bits per heavy atom. The van der Waals surface area contributed by atoms with Crippen LogP contribution >= 0.6 is 11.6 Å². The van der Waals surface area contributed by atoms with E-state index in [1.54, 1.807) is 35.0 Å². The second-order valence-electron chi connectivity index (χ2n) is 7.92. The number of nitrogens with zero attached hydrogens (tertiary/aromatic N) is 5. The normalized spacial score (nSPS) is 12.0. The Balaban J connectivity index is 1.68. The second-order valence-corrected chi connectivity index (χ2v) is 8.27. The average Bonchev–Trinajstić information content (AvgIpc) is 3.18. The zero-order valence-corrected chi connectivity index (χ0v) is 19.6. The van der Waals surface area contributed by atoms with Crippen LogP contribution in [0, 0.1) is 19.7 Å². The summed E-state index contributed by atoms with van der Waals surface area (Å²) in [5.74, 6) is 0.0719. The number of ether oxygens (including phenoxy) is 1. The maximum Gasteiger partial charge on any atom is 0.407 e. The van der Waals surface area contributed by atoms with Crippen LogP contribution in [-0.2, 0) is 0 Å². The van der Waals surface area contributed by atoms with Gasteiger partial charge in [-0.25, -0.2) is 13.9 Å². The van der Waals surface area contributed by atoms with Crippen LogP contribution in [0.25, 0.3) is 16.6 Å². The third kappa shape index (κ3) is 4.65. The van der Waals surface area contributed by atoms with Crippen molar-refractivity contribution in [3.05, 3.63) is 76.5 Å². The maximum absolute atomic E-state index is 14.6. The number of aromatic nitrogens is 4. The van der Waals surface area contributed by atoms with Crippen LogP contribution in [0.15, 0.2) is 48.5 Å². The van der Waals surface area contributed by atoms with E-state index in [0.29, 0.717) is 16.8 Å². The van der Waals surface area contributed by atoms with Gasteiger partial charge in [0, 0.05) is 37.0 Å². The van der Waals surface area contributed by atoms with Gasteiger partial charge in [0.15, 0.2) is 5.15 Å². The molecule has 0 spiro atoms. The van der Waals surface area contributed by atoms with Gasteiger partial charge < -0.3 is 14.7 Å². The van der Waals surface area contributed by atoms with E-state index in [4.69, 9.17) is 16.3 Å². The summed E-state index contributed by atoms with van der Waals surface area (Å²) in [5.41, 5.74) is 3.19. The van der Waals surface area contributed by atoms with Crippen LogP contribution in [0.3, 0.4) is 0 Å². The van der Waals surface area contributed by atoms with Crippen molar-refractivity contribution in [2.75, 3.05) is 13.6 Å². The largest absolute Gasteiger partial charge is 0.485 e. The first-order chi connectivity index (χ1) is 16.3. The molecule has 0 aliphatic heterocycles. The molecule has 0 radical (unpaired) electrons. The number of aryl methyl sites for hydroxylation is 2. The molecular weight excluding hydrogens is 461 g/mol. The SMILES string of the molecule is Cc1nnc(Cl)c2nn(-c3cccc(OC(CCN(C)C(=O)O)c4ccccc4F)c3)c(C)c12. The van der Waals surface area contributed by atoms with Crippen LogP contribution in [0.2, 0.25) is 5.15 Å². The fourth-order valence-corrected chi connectivity index (χ4v) is 3.99. The van der Waals surface area contributed by atoms with Gasteiger partial charge in [0.25, 0.3) is 0 Å². The number of amides is 1. The molecule has 1 amide bonds. The van der Waals surface area contributed by atoms with Gasteiger partial charge in [-0.1, -0.05) is 35.9 Å². The zero-order valence-electron chi connectivity index (χ0n) is 18.9. The van der Waals surface area contributed by atoms with Gasteiger partial charge in [0.1, 0.15) is 23.2 Å².